The summed E-state index contributed by atoms with van der Waals surface area (Å²) in [6, 6.07) is 10.5. The summed E-state index contributed by atoms with van der Waals surface area (Å²) in [5, 5.41) is 2.98. The van der Waals surface area contributed by atoms with Crippen molar-refractivity contribution in [2.24, 2.45) is 5.73 Å². The summed E-state index contributed by atoms with van der Waals surface area (Å²) in [4.78, 5) is 13.8. The summed E-state index contributed by atoms with van der Waals surface area (Å²) in [6.07, 6.45) is 1.22. The van der Waals surface area contributed by atoms with Gasteiger partial charge < -0.3 is 16.0 Å². The molecule has 0 aliphatic rings. The Bertz CT molecular complexity index is 376. The van der Waals surface area contributed by atoms with Crippen LogP contribution in [0.3, 0.4) is 0 Å². The van der Waals surface area contributed by atoms with Crippen LogP contribution in [0.4, 0.5) is 0 Å². The molecule has 4 heteroatoms. The lowest BCUT2D eigenvalue weighted by atomic mass is 10.1. The van der Waals surface area contributed by atoms with Crippen molar-refractivity contribution < 1.29 is 4.79 Å². The minimum atomic E-state index is 0.0695. The number of carbonyl (C=O) groups excluding carboxylic acids is 1. The van der Waals surface area contributed by atoms with E-state index in [1.165, 1.54) is 5.56 Å². The van der Waals surface area contributed by atoms with E-state index in [-0.39, 0.29) is 18.0 Å². The molecule has 0 bridgehead atoms. The van der Waals surface area contributed by atoms with Crippen LogP contribution < -0.4 is 11.1 Å². The van der Waals surface area contributed by atoms with E-state index in [9.17, 15) is 4.79 Å². The van der Waals surface area contributed by atoms with Crippen LogP contribution in [0.1, 0.15) is 31.4 Å². The molecule has 0 fully saturated rings. The van der Waals surface area contributed by atoms with Gasteiger partial charge in [0.15, 0.2) is 0 Å². The van der Waals surface area contributed by atoms with Crippen molar-refractivity contribution in [1.29, 1.82) is 0 Å². The molecule has 0 heterocycles. The Labute approximate surface area is 116 Å². The number of carbonyl (C=O) groups is 1. The first-order valence-corrected chi connectivity index (χ1v) is 6.74. The van der Waals surface area contributed by atoms with Crippen molar-refractivity contribution in [3.8, 4) is 0 Å². The van der Waals surface area contributed by atoms with E-state index in [2.05, 4.69) is 22.3 Å². The summed E-state index contributed by atoms with van der Waals surface area (Å²) in [5.74, 6) is 0.0695. The van der Waals surface area contributed by atoms with Crippen molar-refractivity contribution in [1.82, 2.24) is 10.2 Å². The average Bonchev–Trinajstić information content (AvgIpc) is 2.37. The molecule has 0 saturated heterocycles. The SMILES string of the molecule is CC(N)CCC(=O)NCC(c1ccccc1)N(C)C. The third-order valence-electron chi connectivity index (χ3n) is 3.13. The molecule has 1 amide bonds. The normalized spacial score (nSPS) is 14.2. The van der Waals surface area contributed by atoms with Crippen LogP contribution in [-0.4, -0.2) is 37.5 Å². The number of benzene rings is 1. The van der Waals surface area contributed by atoms with E-state index in [0.717, 1.165) is 6.42 Å². The number of hydrogen-bond acceptors (Lipinski definition) is 3. The third-order valence-corrected chi connectivity index (χ3v) is 3.13. The predicted molar refractivity (Wildman–Crippen MR) is 78.8 cm³/mol. The summed E-state index contributed by atoms with van der Waals surface area (Å²) in [5.41, 5.74) is 6.86. The Balaban J connectivity index is 2.49. The van der Waals surface area contributed by atoms with Crippen molar-refractivity contribution in [2.45, 2.75) is 31.8 Å². The Kier molecular flexibility index (Phi) is 6.53. The van der Waals surface area contributed by atoms with E-state index in [4.69, 9.17) is 5.73 Å². The summed E-state index contributed by atoms with van der Waals surface area (Å²) >= 11 is 0. The molecule has 0 radical (unpaired) electrons. The fourth-order valence-corrected chi connectivity index (χ4v) is 1.93. The fraction of sp³-hybridized carbons (Fsp3) is 0.533. The molecule has 0 aliphatic carbocycles. The van der Waals surface area contributed by atoms with Gasteiger partial charge in [-0.25, -0.2) is 0 Å². The molecule has 106 valence electrons. The van der Waals surface area contributed by atoms with E-state index in [1.807, 2.05) is 39.2 Å². The van der Waals surface area contributed by atoms with E-state index >= 15 is 0 Å². The second kappa shape index (κ2) is 7.92. The molecule has 0 aromatic heterocycles. The quantitative estimate of drug-likeness (QED) is 0.784. The molecular weight excluding hydrogens is 238 g/mol. The monoisotopic (exact) mass is 263 g/mol. The van der Waals surface area contributed by atoms with Crippen molar-refractivity contribution >= 4 is 5.91 Å². The fourth-order valence-electron chi connectivity index (χ4n) is 1.93. The Hall–Kier alpha value is -1.39. The number of hydrogen-bond donors (Lipinski definition) is 2. The van der Waals surface area contributed by atoms with Gasteiger partial charge in [-0.3, -0.25) is 4.79 Å². The Morgan fingerprint density at radius 1 is 1.32 bits per heavy atom. The predicted octanol–water partition coefficient (Wildman–Crippen LogP) is 1.53. The van der Waals surface area contributed by atoms with Gasteiger partial charge in [0.2, 0.25) is 5.91 Å². The number of nitrogens with zero attached hydrogens (tertiary/aromatic N) is 1. The van der Waals surface area contributed by atoms with Crippen molar-refractivity contribution in [3.63, 3.8) is 0 Å². The van der Waals surface area contributed by atoms with Crippen LogP contribution in [0.25, 0.3) is 0 Å². The van der Waals surface area contributed by atoms with E-state index in [1.54, 1.807) is 0 Å². The zero-order valence-corrected chi connectivity index (χ0v) is 12.1. The Morgan fingerprint density at radius 2 is 1.95 bits per heavy atom. The van der Waals surface area contributed by atoms with Gasteiger partial charge in [-0.2, -0.15) is 0 Å². The van der Waals surface area contributed by atoms with E-state index < -0.39 is 0 Å². The third kappa shape index (κ3) is 5.85. The second-order valence-electron chi connectivity index (χ2n) is 5.21. The van der Waals surface area contributed by atoms with Crippen molar-refractivity contribution in [3.05, 3.63) is 35.9 Å². The first kappa shape index (κ1) is 15.7. The molecular formula is C15H25N3O. The second-order valence-corrected chi connectivity index (χ2v) is 5.21. The number of nitrogens with two attached hydrogens (primary N) is 1. The average molecular weight is 263 g/mol. The first-order chi connectivity index (χ1) is 9.00. The van der Waals surface area contributed by atoms with Crippen molar-refractivity contribution in [2.75, 3.05) is 20.6 Å². The van der Waals surface area contributed by atoms with Crippen LogP contribution in [0.15, 0.2) is 30.3 Å². The highest BCUT2D eigenvalue weighted by molar-refractivity contribution is 5.75. The number of rotatable bonds is 7. The van der Waals surface area contributed by atoms with Crippen LogP contribution in [0.5, 0.6) is 0 Å². The maximum Gasteiger partial charge on any atom is 0.220 e. The summed E-state index contributed by atoms with van der Waals surface area (Å²) in [6.45, 7) is 2.54. The van der Waals surface area contributed by atoms with Gasteiger partial charge in [0.25, 0.3) is 0 Å². The van der Waals surface area contributed by atoms with Gasteiger partial charge in [0.1, 0.15) is 0 Å². The standard InChI is InChI=1S/C15H25N3O/c1-12(16)9-10-15(19)17-11-14(18(2)3)13-7-5-4-6-8-13/h4-8,12,14H,9-11,16H2,1-3H3,(H,17,19). The molecule has 0 spiro atoms. The minimum Gasteiger partial charge on any atom is -0.354 e. The molecule has 0 saturated carbocycles. The number of amides is 1. The zero-order valence-electron chi connectivity index (χ0n) is 12.1. The highest BCUT2D eigenvalue weighted by Crippen LogP contribution is 2.16. The minimum absolute atomic E-state index is 0.0695. The molecule has 2 atom stereocenters. The smallest absolute Gasteiger partial charge is 0.220 e. The highest BCUT2D eigenvalue weighted by Gasteiger charge is 2.14. The van der Waals surface area contributed by atoms with E-state index in [0.29, 0.717) is 13.0 Å². The largest absolute Gasteiger partial charge is 0.354 e. The zero-order chi connectivity index (χ0) is 14.3. The molecule has 0 aliphatic heterocycles. The number of likely N-dealkylation sites (N-methyl/N-ethyl adjacent to an activating group) is 1. The van der Waals surface area contributed by atoms with Gasteiger partial charge in [0.05, 0.1) is 6.04 Å². The molecule has 1 aromatic rings. The van der Waals surface area contributed by atoms with Crippen LogP contribution in [0.2, 0.25) is 0 Å². The number of nitrogens with one attached hydrogen (secondary N) is 1. The van der Waals surface area contributed by atoms with Gasteiger partial charge in [0, 0.05) is 19.0 Å². The molecule has 19 heavy (non-hydrogen) atoms. The molecule has 3 N–H and O–H groups in total. The lowest BCUT2D eigenvalue weighted by Crippen LogP contribution is -2.35. The maximum absolute atomic E-state index is 11.7. The van der Waals surface area contributed by atoms with Gasteiger partial charge >= 0.3 is 0 Å². The molecule has 1 rings (SSSR count). The highest BCUT2D eigenvalue weighted by atomic mass is 16.1. The molecule has 2 unspecified atom stereocenters. The molecule has 4 nitrogen and oxygen atoms in total. The van der Waals surface area contributed by atoms with Crippen LogP contribution >= 0.6 is 0 Å². The maximum atomic E-state index is 11.7. The van der Waals surface area contributed by atoms with Gasteiger partial charge in [-0.1, -0.05) is 30.3 Å². The summed E-state index contributed by atoms with van der Waals surface area (Å²) < 4.78 is 0. The van der Waals surface area contributed by atoms with Gasteiger partial charge in [-0.15, -0.1) is 0 Å². The summed E-state index contributed by atoms with van der Waals surface area (Å²) in [7, 11) is 4.04. The lowest BCUT2D eigenvalue weighted by Gasteiger charge is -2.25. The molecule has 1 aromatic carbocycles. The van der Waals surface area contributed by atoms with Crippen LogP contribution in [0, 0.1) is 0 Å². The Morgan fingerprint density at radius 3 is 2.47 bits per heavy atom. The van der Waals surface area contributed by atoms with Gasteiger partial charge in [-0.05, 0) is 33.0 Å². The topological polar surface area (TPSA) is 58.4 Å². The first-order valence-electron chi connectivity index (χ1n) is 6.74. The lowest BCUT2D eigenvalue weighted by molar-refractivity contribution is -0.121. The van der Waals surface area contributed by atoms with Crippen LogP contribution in [-0.2, 0) is 4.79 Å².